The van der Waals surface area contributed by atoms with Crippen LogP contribution in [0.15, 0.2) is 5.38 Å². The second-order valence-electron chi connectivity index (χ2n) is 4.82. The third-order valence-corrected chi connectivity index (χ3v) is 3.84. The maximum Gasteiger partial charge on any atom is 0.228 e. The van der Waals surface area contributed by atoms with Gasteiger partial charge in [0, 0.05) is 18.5 Å². The Bertz CT molecular complexity index is 385. The van der Waals surface area contributed by atoms with E-state index in [0.29, 0.717) is 6.42 Å². The monoisotopic (exact) mass is 252 g/mol. The van der Waals surface area contributed by atoms with Gasteiger partial charge in [-0.1, -0.05) is 6.92 Å². The summed E-state index contributed by atoms with van der Waals surface area (Å²) in [5.74, 6) is 1.01. The van der Waals surface area contributed by atoms with Crippen LogP contribution < -0.4 is 0 Å². The second kappa shape index (κ2) is 5.63. The molecular formula is C13H20N2OS. The third kappa shape index (κ3) is 3.80. The fourth-order valence-corrected chi connectivity index (χ4v) is 2.57. The highest BCUT2D eigenvalue weighted by atomic mass is 32.1. The van der Waals surface area contributed by atoms with E-state index in [9.17, 15) is 4.79 Å². The Morgan fingerprint density at radius 3 is 2.88 bits per heavy atom. The molecule has 0 aliphatic heterocycles. The predicted molar refractivity (Wildman–Crippen MR) is 70.2 cm³/mol. The van der Waals surface area contributed by atoms with E-state index in [-0.39, 0.29) is 5.91 Å². The van der Waals surface area contributed by atoms with Crippen molar-refractivity contribution in [2.24, 2.45) is 5.92 Å². The number of aryl methyl sites for hydroxylation is 1. The first kappa shape index (κ1) is 12.6. The number of carbonyl (C=O) groups excluding carboxylic acids is 1. The number of carbonyl (C=O) groups is 1. The molecule has 0 unspecified atom stereocenters. The minimum absolute atomic E-state index is 0.240. The zero-order chi connectivity index (χ0) is 12.3. The summed E-state index contributed by atoms with van der Waals surface area (Å²) in [6, 6.07) is 0. The first-order valence-electron chi connectivity index (χ1n) is 6.37. The summed E-state index contributed by atoms with van der Waals surface area (Å²) in [7, 11) is 0. The molecule has 1 aromatic rings. The SMILES string of the molecule is CCCN(CC1CC1)C(=O)Cc1csc(C)n1. The second-order valence-corrected chi connectivity index (χ2v) is 5.88. The fraction of sp³-hybridized carbons (Fsp3) is 0.692. The molecule has 3 nitrogen and oxygen atoms in total. The van der Waals surface area contributed by atoms with Gasteiger partial charge in [-0.25, -0.2) is 4.98 Å². The fourth-order valence-electron chi connectivity index (χ4n) is 1.96. The van der Waals surface area contributed by atoms with Crippen molar-refractivity contribution in [3.05, 3.63) is 16.1 Å². The summed E-state index contributed by atoms with van der Waals surface area (Å²) in [6.07, 6.45) is 4.10. The largest absolute Gasteiger partial charge is 0.342 e. The van der Waals surface area contributed by atoms with E-state index in [0.717, 1.165) is 36.1 Å². The van der Waals surface area contributed by atoms with Gasteiger partial charge in [0.1, 0.15) is 0 Å². The van der Waals surface area contributed by atoms with Crippen molar-refractivity contribution in [2.75, 3.05) is 13.1 Å². The molecule has 1 heterocycles. The van der Waals surface area contributed by atoms with Crippen molar-refractivity contribution in [1.82, 2.24) is 9.88 Å². The van der Waals surface area contributed by atoms with Crippen LogP contribution >= 0.6 is 11.3 Å². The van der Waals surface area contributed by atoms with Gasteiger partial charge < -0.3 is 4.90 Å². The number of rotatable bonds is 6. The minimum Gasteiger partial charge on any atom is -0.342 e. The molecule has 0 atom stereocenters. The van der Waals surface area contributed by atoms with Crippen LogP contribution in [0, 0.1) is 12.8 Å². The van der Waals surface area contributed by atoms with Crippen molar-refractivity contribution in [1.29, 1.82) is 0 Å². The van der Waals surface area contributed by atoms with Crippen LogP contribution in [-0.4, -0.2) is 28.9 Å². The molecule has 0 radical (unpaired) electrons. The highest BCUT2D eigenvalue weighted by molar-refractivity contribution is 7.09. The molecule has 1 fully saturated rings. The molecule has 1 amide bonds. The van der Waals surface area contributed by atoms with E-state index in [1.807, 2.05) is 17.2 Å². The van der Waals surface area contributed by atoms with Crippen LogP contribution in [0.5, 0.6) is 0 Å². The predicted octanol–water partition coefficient (Wildman–Crippen LogP) is 2.64. The molecule has 17 heavy (non-hydrogen) atoms. The smallest absolute Gasteiger partial charge is 0.228 e. The molecule has 0 aromatic carbocycles. The zero-order valence-corrected chi connectivity index (χ0v) is 11.4. The van der Waals surface area contributed by atoms with Gasteiger partial charge in [-0.15, -0.1) is 11.3 Å². The normalized spacial score (nSPS) is 14.9. The average molecular weight is 252 g/mol. The van der Waals surface area contributed by atoms with Crippen LogP contribution in [-0.2, 0) is 11.2 Å². The lowest BCUT2D eigenvalue weighted by Gasteiger charge is -2.21. The maximum absolute atomic E-state index is 12.2. The van der Waals surface area contributed by atoms with Gasteiger partial charge in [-0.05, 0) is 32.1 Å². The van der Waals surface area contributed by atoms with Crippen LogP contribution in [0.2, 0.25) is 0 Å². The quantitative estimate of drug-likeness (QED) is 0.780. The number of thiazole rings is 1. The molecule has 0 saturated heterocycles. The Morgan fingerprint density at radius 2 is 2.35 bits per heavy atom. The van der Waals surface area contributed by atoms with E-state index in [2.05, 4.69) is 11.9 Å². The summed E-state index contributed by atoms with van der Waals surface area (Å²) in [4.78, 5) is 18.5. The van der Waals surface area contributed by atoms with E-state index >= 15 is 0 Å². The molecule has 0 bridgehead atoms. The van der Waals surface area contributed by atoms with Gasteiger partial charge in [0.05, 0.1) is 17.1 Å². The molecule has 94 valence electrons. The first-order chi connectivity index (χ1) is 8.19. The molecule has 0 N–H and O–H groups in total. The summed E-state index contributed by atoms with van der Waals surface area (Å²) in [5.41, 5.74) is 0.925. The standard InChI is InChI=1S/C13H20N2OS/c1-3-6-15(8-11-4-5-11)13(16)7-12-9-17-10(2)14-12/h9,11H,3-8H2,1-2H3. The van der Waals surface area contributed by atoms with Gasteiger partial charge in [0.2, 0.25) is 5.91 Å². The lowest BCUT2D eigenvalue weighted by molar-refractivity contribution is -0.130. The van der Waals surface area contributed by atoms with E-state index in [1.165, 1.54) is 12.8 Å². The number of hydrogen-bond acceptors (Lipinski definition) is 3. The highest BCUT2D eigenvalue weighted by Gasteiger charge is 2.26. The van der Waals surface area contributed by atoms with Crippen molar-refractivity contribution in [3.63, 3.8) is 0 Å². The molecule has 2 rings (SSSR count). The molecular weight excluding hydrogens is 232 g/mol. The summed E-state index contributed by atoms with van der Waals surface area (Å²) >= 11 is 1.62. The molecule has 0 spiro atoms. The van der Waals surface area contributed by atoms with Gasteiger partial charge >= 0.3 is 0 Å². The topological polar surface area (TPSA) is 33.2 Å². The lowest BCUT2D eigenvalue weighted by atomic mass is 10.2. The number of hydrogen-bond donors (Lipinski definition) is 0. The van der Waals surface area contributed by atoms with Crippen LogP contribution in [0.25, 0.3) is 0 Å². The molecule has 1 aromatic heterocycles. The highest BCUT2D eigenvalue weighted by Crippen LogP contribution is 2.30. The summed E-state index contributed by atoms with van der Waals surface area (Å²) in [5, 5.41) is 3.03. The third-order valence-electron chi connectivity index (χ3n) is 3.02. The number of nitrogens with zero attached hydrogens (tertiary/aromatic N) is 2. The zero-order valence-electron chi connectivity index (χ0n) is 10.6. The van der Waals surface area contributed by atoms with Crippen LogP contribution in [0.1, 0.15) is 36.9 Å². The molecule has 4 heteroatoms. The van der Waals surface area contributed by atoms with Crippen molar-refractivity contribution < 1.29 is 4.79 Å². The minimum atomic E-state index is 0.240. The van der Waals surface area contributed by atoms with Crippen molar-refractivity contribution in [3.8, 4) is 0 Å². The van der Waals surface area contributed by atoms with E-state index < -0.39 is 0 Å². The molecule has 1 saturated carbocycles. The van der Waals surface area contributed by atoms with Crippen molar-refractivity contribution >= 4 is 17.2 Å². The van der Waals surface area contributed by atoms with E-state index in [1.54, 1.807) is 11.3 Å². The van der Waals surface area contributed by atoms with E-state index in [4.69, 9.17) is 0 Å². The Balaban J connectivity index is 1.90. The Labute approximate surface area is 107 Å². The van der Waals surface area contributed by atoms with Gasteiger partial charge in [0.15, 0.2) is 0 Å². The van der Waals surface area contributed by atoms with Gasteiger partial charge in [-0.2, -0.15) is 0 Å². The van der Waals surface area contributed by atoms with Gasteiger partial charge in [0.25, 0.3) is 0 Å². The van der Waals surface area contributed by atoms with Crippen LogP contribution in [0.4, 0.5) is 0 Å². The Hall–Kier alpha value is -0.900. The molecule has 1 aliphatic rings. The molecule has 1 aliphatic carbocycles. The van der Waals surface area contributed by atoms with Gasteiger partial charge in [-0.3, -0.25) is 4.79 Å². The number of amides is 1. The summed E-state index contributed by atoms with van der Waals surface area (Å²) in [6.45, 7) is 5.95. The maximum atomic E-state index is 12.2. The number of aromatic nitrogens is 1. The summed E-state index contributed by atoms with van der Waals surface area (Å²) < 4.78 is 0. The van der Waals surface area contributed by atoms with Crippen LogP contribution in [0.3, 0.4) is 0 Å². The van der Waals surface area contributed by atoms with Crippen molar-refractivity contribution in [2.45, 2.75) is 39.5 Å². The Morgan fingerprint density at radius 1 is 1.59 bits per heavy atom. The Kier molecular flexibility index (Phi) is 4.15. The lowest BCUT2D eigenvalue weighted by Crippen LogP contribution is -2.34. The average Bonchev–Trinajstić information content (AvgIpc) is 3.01. The first-order valence-corrected chi connectivity index (χ1v) is 7.25.